The monoisotopic (exact) mass is 289 g/mol. The van der Waals surface area contributed by atoms with Crippen molar-refractivity contribution in [1.29, 1.82) is 0 Å². The first-order valence-electron chi connectivity index (χ1n) is 7.21. The largest absolute Gasteiger partial charge is 0.478 e. The predicted molar refractivity (Wildman–Crippen MR) is 80.9 cm³/mol. The Morgan fingerprint density at radius 1 is 1.19 bits per heavy atom. The lowest BCUT2D eigenvalue weighted by Crippen LogP contribution is -2.07. The smallest absolute Gasteiger partial charge is 0.218 e. The van der Waals surface area contributed by atoms with Crippen molar-refractivity contribution in [1.82, 2.24) is 9.97 Å². The van der Waals surface area contributed by atoms with Crippen LogP contribution in [0.1, 0.15) is 31.7 Å². The Balaban J connectivity index is 2.13. The summed E-state index contributed by atoms with van der Waals surface area (Å²) >= 11 is 0. The molecule has 21 heavy (non-hydrogen) atoms. The van der Waals surface area contributed by atoms with Crippen LogP contribution in [0.15, 0.2) is 30.3 Å². The molecule has 0 fully saturated rings. The number of halogens is 1. The van der Waals surface area contributed by atoms with Gasteiger partial charge in [-0.1, -0.05) is 25.1 Å². The molecule has 0 aliphatic rings. The van der Waals surface area contributed by atoms with Crippen LogP contribution in [-0.4, -0.2) is 16.6 Å². The molecule has 1 heterocycles. The number of hydrogen-bond donors (Lipinski definition) is 1. The van der Waals surface area contributed by atoms with Gasteiger partial charge in [0, 0.05) is 24.6 Å². The summed E-state index contributed by atoms with van der Waals surface area (Å²) in [5.41, 5.74) is 0.603. The van der Waals surface area contributed by atoms with E-state index in [1.807, 2.05) is 13.0 Å². The molecule has 0 bridgehead atoms. The molecule has 0 saturated carbocycles. The lowest BCUT2D eigenvalue weighted by molar-refractivity contribution is 0.325. The zero-order chi connectivity index (χ0) is 15.1. The molecule has 0 aliphatic carbocycles. The molecule has 0 aliphatic heterocycles. The van der Waals surface area contributed by atoms with E-state index in [9.17, 15) is 4.39 Å². The van der Waals surface area contributed by atoms with E-state index in [1.54, 1.807) is 18.2 Å². The quantitative estimate of drug-likeness (QED) is 0.846. The Hall–Kier alpha value is -2.17. The summed E-state index contributed by atoms with van der Waals surface area (Å²) in [4.78, 5) is 8.76. The molecule has 0 spiro atoms. The Bertz CT molecular complexity index is 565. The number of rotatable bonds is 7. The van der Waals surface area contributed by atoms with Gasteiger partial charge in [-0.3, -0.25) is 0 Å². The third-order valence-corrected chi connectivity index (χ3v) is 2.93. The van der Waals surface area contributed by atoms with Gasteiger partial charge in [-0.15, -0.1) is 0 Å². The van der Waals surface area contributed by atoms with Crippen LogP contribution in [0.25, 0.3) is 0 Å². The second-order valence-corrected chi connectivity index (χ2v) is 4.64. The Morgan fingerprint density at radius 3 is 2.71 bits per heavy atom. The summed E-state index contributed by atoms with van der Waals surface area (Å²) in [6.45, 7) is 4.91. The van der Waals surface area contributed by atoms with Crippen LogP contribution >= 0.6 is 0 Å². The third kappa shape index (κ3) is 4.41. The summed E-state index contributed by atoms with van der Waals surface area (Å²) in [6.07, 6.45) is 1.75. The minimum atomic E-state index is -0.224. The molecule has 2 rings (SSSR count). The van der Waals surface area contributed by atoms with Gasteiger partial charge >= 0.3 is 0 Å². The lowest BCUT2D eigenvalue weighted by atomic mass is 10.2. The first-order valence-corrected chi connectivity index (χ1v) is 7.21. The molecule has 2 aromatic rings. The van der Waals surface area contributed by atoms with Crippen molar-refractivity contribution in [2.45, 2.75) is 33.2 Å². The third-order valence-electron chi connectivity index (χ3n) is 2.93. The van der Waals surface area contributed by atoms with Crippen LogP contribution in [-0.2, 0) is 13.0 Å². The van der Waals surface area contributed by atoms with Crippen molar-refractivity contribution in [3.8, 4) is 5.88 Å². The minimum Gasteiger partial charge on any atom is -0.478 e. The Morgan fingerprint density at radius 2 is 2.00 bits per heavy atom. The fourth-order valence-corrected chi connectivity index (χ4v) is 1.95. The molecule has 0 amide bonds. The first-order chi connectivity index (χ1) is 10.2. The normalized spacial score (nSPS) is 10.4. The van der Waals surface area contributed by atoms with E-state index in [2.05, 4.69) is 22.2 Å². The van der Waals surface area contributed by atoms with E-state index in [1.165, 1.54) is 6.07 Å². The highest BCUT2D eigenvalue weighted by molar-refractivity contribution is 5.39. The van der Waals surface area contributed by atoms with Gasteiger partial charge in [-0.2, -0.15) is 4.98 Å². The van der Waals surface area contributed by atoms with Crippen LogP contribution in [0.2, 0.25) is 0 Å². The summed E-state index contributed by atoms with van der Waals surface area (Å²) in [7, 11) is 0. The standard InChI is InChI=1S/C16H20FN3O/c1-3-7-14-19-15(10-16(20-14)21-4-2)18-11-12-8-5-6-9-13(12)17/h5-6,8-10H,3-4,7,11H2,1-2H3,(H,18,19,20). The molecule has 1 aromatic heterocycles. The summed E-state index contributed by atoms with van der Waals surface area (Å²) in [6, 6.07) is 8.43. The number of anilines is 1. The van der Waals surface area contributed by atoms with E-state index in [0.717, 1.165) is 18.7 Å². The van der Waals surface area contributed by atoms with Gasteiger partial charge < -0.3 is 10.1 Å². The second kappa shape index (κ2) is 7.57. The summed E-state index contributed by atoms with van der Waals surface area (Å²) in [5, 5.41) is 3.13. The van der Waals surface area contributed by atoms with Crippen LogP contribution in [0.4, 0.5) is 10.2 Å². The number of hydrogen-bond acceptors (Lipinski definition) is 4. The average molecular weight is 289 g/mol. The maximum atomic E-state index is 13.6. The van der Waals surface area contributed by atoms with E-state index >= 15 is 0 Å². The van der Waals surface area contributed by atoms with E-state index in [-0.39, 0.29) is 5.82 Å². The van der Waals surface area contributed by atoms with Crippen molar-refractivity contribution in [3.63, 3.8) is 0 Å². The van der Waals surface area contributed by atoms with Crippen LogP contribution in [0.5, 0.6) is 5.88 Å². The topological polar surface area (TPSA) is 47.0 Å². The fourth-order valence-electron chi connectivity index (χ4n) is 1.95. The molecule has 1 N–H and O–H groups in total. The first kappa shape index (κ1) is 15.2. The number of aryl methyl sites for hydroxylation is 1. The van der Waals surface area contributed by atoms with E-state index < -0.39 is 0 Å². The molecule has 0 unspecified atom stereocenters. The van der Waals surface area contributed by atoms with Gasteiger partial charge in [0.05, 0.1) is 6.61 Å². The Kier molecular flexibility index (Phi) is 5.49. The molecule has 0 saturated heterocycles. The van der Waals surface area contributed by atoms with Gasteiger partial charge in [-0.25, -0.2) is 9.37 Å². The zero-order valence-corrected chi connectivity index (χ0v) is 12.4. The number of ether oxygens (including phenoxy) is 1. The van der Waals surface area contributed by atoms with Crippen LogP contribution in [0, 0.1) is 5.82 Å². The molecule has 1 aromatic carbocycles. The molecule has 0 atom stereocenters. The molecule has 4 nitrogen and oxygen atoms in total. The van der Waals surface area contributed by atoms with Crippen molar-refractivity contribution >= 4 is 5.82 Å². The lowest BCUT2D eigenvalue weighted by Gasteiger charge is -2.10. The van der Waals surface area contributed by atoms with Crippen LogP contribution < -0.4 is 10.1 Å². The highest BCUT2D eigenvalue weighted by atomic mass is 19.1. The zero-order valence-electron chi connectivity index (χ0n) is 12.4. The van der Waals surface area contributed by atoms with Gasteiger partial charge in [0.2, 0.25) is 5.88 Å². The van der Waals surface area contributed by atoms with Crippen LogP contribution in [0.3, 0.4) is 0 Å². The van der Waals surface area contributed by atoms with Crippen molar-refractivity contribution < 1.29 is 9.13 Å². The minimum absolute atomic E-state index is 0.224. The molecule has 112 valence electrons. The van der Waals surface area contributed by atoms with Crippen molar-refractivity contribution in [3.05, 3.63) is 47.5 Å². The maximum absolute atomic E-state index is 13.6. The van der Waals surface area contributed by atoms with Gasteiger partial charge in [0.15, 0.2) is 0 Å². The summed E-state index contributed by atoms with van der Waals surface area (Å²) < 4.78 is 19.0. The molecular formula is C16H20FN3O. The highest BCUT2D eigenvalue weighted by Gasteiger charge is 2.06. The molecular weight excluding hydrogens is 269 g/mol. The summed E-state index contributed by atoms with van der Waals surface area (Å²) in [5.74, 6) is 1.71. The van der Waals surface area contributed by atoms with Crippen molar-refractivity contribution in [2.75, 3.05) is 11.9 Å². The number of aromatic nitrogens is 2. The SMILES string of the molecule is CCCc1nc(NCc2ccccc2F)cc(OCC)n1. The number of benzene rings is 1. The van der Waals surface area contributed by atoms with Crippen molar-refractivity contribution in [2.24, 2.45) is 0 Å². The maximum Gasteiger partial charge on any atom is 0.218 e. The van der Waals surface area contributed by atoms with E-state index in [4.69, 9.17) is 4.74 Å². The number of nitrogens with zero attached hydrogens (tertiary/aromatic N) is 2. The fraction of sp³-hybridized carbons (Fsp3) is 0.375. The predicted octanol–water partition coefficient (Wildman–Crippen LogP) is 3.58. The average Bonchev–Trinajstić information content (AvgIpc) is 2.47. The second-order valence-electron chi connectivity index (χ2n) is 4.64. The highest BCUT2D eigenvalue weighted by Crippen LogP contribution is 2.16. The molecule has 5 heteroatoms. The van der Waals surface area contributed by atoms with Gasteiger partial charge in [-0.05, 0) is 19.4 Å². The van der Waals surface area contributed by atoms with Gasteiger partial charge in [0.25, 0.3) is 0 Å². The Labute approximate surface area is 124 Å². The van der Waals surface area contributed by atoms with E-state index in [0.29, 0.717) is 30.4 Å². The number of nitrogens with one attached hydrogen (secondary N) is 1. The van der Waals surface area contributed by atoms with Gasteiger partial charge in [0.1, 0.15) is 17.5 Å². The molecule has 0 radical (unpaired) electrons.